The molecule has 5 rings (SSSR count). The van der Waals surface area contributed by atoms with Gasteiger partial charge in [0.15, 0.2) is 0 Å². The first kappa shape index (κ1) is 17.0. The number of hydrogen-bond donors (Lipinski definition) is 1. The van der Waals surface area contributed by atoms with Crippen LogP contribution in [0.25, 0.3) is 46.4 Å². The van der Waals surface area contributed by atoms with E-state index in [1.807, 2.05) is 24.3 Å². The van der Waals surface area contributed by atoms with Crippen molar-refractivity contribution < 1.29 is 0 Å². The zero-order valence-corrected chi connectivity index (χ0v) is 16.0. The van der Waals surface area contributed by atoms with E-state index in [9.17, 15) is 0 Å². The summed E-state index contributed by atoms with van der Waals surface area (Å²) in [6, 6.07) is 16.7. The Hall–Kier alpha value is -3.11. The minimum atomic E-state index is 0.635. The number of fused-ring (bicyclic) bond motifs is 8. The highest BCUT2D eigenvalue weighted by atomic mass is 35.5. The van der Waals surface area contributed by atoms with Crippen LogP contribution in [0.5, 0.6) is 0 Å². The van der Waals surface area contributed by atoms with Crippen molar-refractivity contribution >= 4 is 58.0 Å². The van der Waals surface area contributed by atoms with Crippen molar-refractivity contribution in [3.63, 3.8) is 0 Å². The third-order valence-electron chi connectivity index (χ3n) is 4.86. The van der Waals surface area contributed by atoms with Crippen molar-refractivity contribution in [2.45, 2.75) is 13.0 Å². The first-order chi connectivity index (χ1) is 13.8. The Morgan fingerprint density at radius 2 is 1.21 bits per heavy atom. The number of nitrogens with zero attached hydrogens (tertiary/aromatic N) is 3. The molecule has 0 fully saturated rings. The van der Waals surface area contributed by atoms with Gasteiger partial charge in [-0.15, -0.1) is 11.6 Å². The SMILES string of the molecule is ClCCCn1c2ccc1cc1nc(cc3ccc(cc4nc(c2)C=C4)[nH]3)C=C1. The van der Waals surface area contributed by atoms with Crippen LogP contribution in [0.3, 0.4) is 0 Å². The molecule has 0 saturated heterocycles. The van der Waals surface area contributed by atoms with Crippen LogP contribution in [0.15, 0.2) is 48.5 Å². The summed E-state index contributed by atoms with van der Waals surface area (Å²) in [5.74, 6) is 0.635. The lowest BCUT2D eigenvalue weighted by atomic mass is 10.3. The fraction of sp³-hybridized carbons (Fsp3) is 0.130. The Labute approximate surface area is 167 Å². The van der Waals surface area contributed by atoms with E-state index in [1.54, 1.807) is 0 Å². The van der Waals surface area contributed by atoms with Crippen LogP contribution in [-0.4, -0.2) is 25.4 Å². The van der Waals surface area contributed by atoms with Gasteiger partial charge >= 0.3 is 0 Å². The van der Waals surface area contributed by atoms with Crippen molar-refractivity contribution in [3.8, 4) is 0 Å². The highest BCUT2D eigenvalue weighted by Crippen LogP contribution is 2.19. The number of aromatic nitrogens is 4. The van der Waals surface area contributed by atoms with Gasteiger partial charge in [0.05, 0.1) is 22.8 Å². The van der Waals surface area contributed by atoms with E-state index in [4.69, 9.17) is 21.6 Å². The van der Waals surface area contributed by atoms with Crippen molar-refractivity contribution in [1.29, 1.82) is 0 Å². The Kier molecular flexibility index (Phi) is 4.34. The summed E-state index contributed by atoms with van der Waals surface area (Å²) in [7, 11) is 0. The highest BCUT2D eigenvalue weighted by Gasteiger charge is 2.04. The van der Waals surface area contributed by atoms with E-state index in [-0.39, 0.29) is 0 Å². The van der Waals surface area contributed by atoms with E-state index in [0.717, 1.165) is 57.8 Å². The van der Waals surface area contributed by atoms with Gasteiger partial charge in [0.25, 0.3) is 0 Å². The molecule has 138 valence electrons. The average molecular weight is 387 g/mol. The van der Waals surface area contributed by atoms with Gasteiger partial charge in [-0.05, 0) is 79.3 Å². The van der Waals surface area contributed by atoms with E-state index >= 15 is 0 Å². The van der Waals surface area contributed by atoms with E-state index in [2.05, 4.69) is 58.1 Å². The fourth-order valence-corrected chi connectivity index (χ4v) is 3.68. The maximum absolute atomic E-state index is 5.96. The standard InChI is InChI=1S/C23H19ClN4/c24-10-1-11-28-22-8-9-23(28)15-21-7-5-19(27-21)13-17-3-2-16(25-17)12-18-4-6-20(14-22)26-18/h2-9,12-15,25H,1,10-11H2. The van der Waals surface area contributed by atoms with E-state index in [0.29, 0.717) is 5.88 Å². The summed E-state index contributed by atoms with van der Waals surface area (Å²) in [4.78, 5) is 12.9. The molecule has 28 heavy (non-hydrogen) atoms. The lowest BCUT2D eigenvalue weighted by Gasteiger charge is -2.04. The predicted molar refractivity (Wildman–Crippen MR) is 118 cm³/mol. The van der Waals surface area contributed by atoms with Crippen molar-refractivity contribution in [2.24, 2.45) is 0 Å². The summed E-state index contributed by atoms with van der Waals surface area (Å²) in [6.07, 6.45) is 9.09. The number of rotatable bonds is 3. The van der Waals surface area contributed by atoms with Crippen LogP contribution in [0.1, 0.15) is 29.2 Å². The molecule has 0 atom stereocenters. The zero-order chi connectivity index (χ0) is 18.9. The molecule has 5 heteroatoms. The second-order valence-corrected chi connectivity index (χ2v) is 7.29. The molecule has 0 aliphatic carbocycles. The number of aryl methyl sites for hydroxylation is 1. The van der Waals surface area contributed by atoms with Gasteiger partial charge in [0.1, 0.15) is 0 Å². The minimum absolute atomic E-state index is 0.635. The van der Waals surface area contributed by atoms with Crippen molar-refractivity contribution in [2.75, 3.05) is 5.88 Å². The maximum Gasteiger partial charge on any atom is 0.0658 e. The van der Waals surface area contributed by atoms with Crippen LogP contribution in [0.4, 0.5) is 0 Å². The lowest BCUT2D eigenvalue weighted by molar-refractivity contribution is 0.726. The molecule has 2 aliphatic heterocycles. The number of hydrogen-bond acceptors (Lipinski definition) is 2. The Bertz CT molecular complexity index is 1170. The number of aromatic amines is 1. The topological polar surface area (TPSA) is 46.5 Å². The molecule has 0 saturated carbocycles. The summed E-state index contributed by atoms with van der Waals surface area (Å²) in [5, 5.41) is 0. The van der Waals surface area contributed by atoms with Gasteiger partial charge in [0.2, 0.25) is 0 Å². The largest absolute Gasteiger partial charge is 0.355 e. The van der Waals surface area contributed by atoms with Crippen molar-refractivity contribution in [1.82, 2.24) is 19.5 Å². The van der Waals surface area contributed by atoms with Crippen LogP contribution >= 0.6 is 11.6 Å². The van der Waals surface area contributed by atoms with E-state index in [1.165, 1.54) is 0 Å². The number of halogens is 1. The second kappa shape index (κ2) is 7.13. The predicted octanol–water partition coefficient (Wildman–Crippen LogP) is 5.76. The molecular weight excluding hydrogens is 368 g/mol. The fourth-order valence-electron chi connectivity index (χ4n) is 3.56. The number of nitrogens with one attached hydrogen (secondary N) is 1. The average Bonchev–Trinajstić information content (AvgIpc) is 3.46. The highest BCUT2D eigenvalue weighted by molar-refractivity contribution is 6.17. The first-order valence-electron chi connectivity index (χ1n) is 9.38. The monoisotopic (exact) mass is 386 g/mol. The summed E-state index contributed by atoms with van der Waals surface area (Å²) in [6.45, 7) is 0.858. The summed E-state index contributed by atoms with van der Waals surface area (Å²) < 4.78 is 2.28. The molecule has 5 heterocycles. The molecule has 8 bridgehead atoms. The summed E-state index contributed by atoms with van der Waals surface area (Å²) in [5.41, 5.74) is 8.05. The Morgan fingerprint density at radius 3 is 1.71 bits per heavy atom. The van der Waals surface area contributed by atoms with Crippen molar-refractivity contribution in [3.05, 3.63) is 71.3 Å². The second-order valence-electron chi connectivity index (χ2n) is 6.91. The Morgan fingerprint density at radius 1 is 0.714 bits per heavy atom. The van der Waals surface area contributed by atoms with Gasteiger partial charge in [-0.3, -0.25) is 0 Å². The molecule has 0 amide bonds. The molecule has 0 aromatic carbocycles. The lowest BCUT2D eigenvalue weighted by Crippen LogP contribution is -1.97. The molecule has 2 aliphatic rings. The third-order valence-corrected chi connectivity index (χ3v) is 5.13. The van der Waals surface area contributed by atoms with Crippen LogP contribution in [-0.2, 0) is 6.54 Å². The normalized spacial score (nSPS) is 12.6. The first-order valence-corrected chi connectivity index (χ1v) is 9.91. The van der Waals surface area contributed by atoms with Gasteiger partial charge in [-0.2, -0.15) is 0 Å². The van der Waals surface area contributed by atoms with Crippen LogP contribution in [0.2, 0.25) is 0 Å². The van der Waals surface area contributed by atoms with Crippen LogP contribution in [0, 0.1) is 0 Å². The van der Waals surface area contributed by atoms with Crippen LogP contribution < -0.4 is 0 Å². The maximum atomic E-state index is 5.96. The third kappa shape index (κ3) is 3.39. The van der Waals surface area contributed by atoms with Gasteiger partial charge in [-0.1, -0.05) is 0 Å². The molecule has 1 N–H and O–H groups in total. The minimum Gasteiger partial charge on any atom is -0.355 e. The Balaban J connectivity index is 1.82. The summed E-state index contributed by atoms with van der Waals surface area (Å²) >= 11 is 5.96. The molecule has 3 aromatic rings. The van der Waals surface area contributed by atoms with Gasteiger partial charge in [-0.25, -0.2) is 9.97 Å². The molecule has 0 unspecified atom stereocenters. The van der Waals surface area contributed by atoms with Gasteiger partial charge < -0.3 is 9.55 Å². The number of H-pyrrole nitrogens is 1. The molecular formula is C23H19ClN4. The molecule has 0 radical (unpaired) electrons. The number of alkyl halides is 1. The molecule has 3 aromatic heterocycles. The quantitative estimate of drug-likeness (QED) is 0.401. The van der Waals surface area contributed by atoms with Gasteiger partial charge in [0, 0.05) is 34.5 Å². The van der Waals surface area contributed by atoms with E-state index < -0.39 is 0 Å². The smallest absolute Gasteiger partial charge is 0.0658 e. The zero-order valence-electron chi connectivity index (χ0n) is 15.3. The molecule has 0 spiro atoms. The molecule has 4 nitrogen and oxygen atoms in total.